The van der Waals surface area contributed by atoms with Crippen molar-refractivity contribution >= 4 is 11.6 Å². The molecule has 0 aromatic heterocycles. The first kappa shape index (κ1) is 12.7. The van der Waals surface area contributed by atoms with Crippen LogP contribution in [0.1, 0.15) is 18.4 Å². The molecule has 0 amide bonds. The highest BCUT2D eigenvalue weighted by atomic mass is 35.5. The van der Waals surface area contributed by atoms with Gasteiger partial charge < -0.3 is 14.6 Å². The van der Waals surface area contributed by atoms with Gasteiger partial charge in [-0.25, -0.2) is 0 Å². The average molecular weight is 296 g/mol. The Balaban J connectivity index is 1.48. The molecule has 20 heavy (non-hydrogen) atoms. The van der Waals surface area contributed by atoms with Crippen LogP contribution >= 0.6 is 11.6 Å². The molecule has 2 aliphatic heterocycles. The van der Waals surface area contributed by atoms with Crippen LogP contribution in [0.3, 0.4) is 0 Å². The van der Waals surface area contributed by atoms with Gasteiger partial charge in [0.1, 0.15) is 0 Å². The SMILES string of the molecule is OC1C[C@@H]2CN(Cc3cc4c(cc3Cl)OCO4)C[C@@H]2C1. The zero-order chi connectivity index (χ0) is 13.7. The zero-order valence-corrected chi connectivity index (χ0v) is 12.0. The largest absolute Gasteiger partial charge is 0.454 e. The maximum Gasteiger partial charge on any atom is 0.231 e. The minimum atomic E-state index is -0.0821. The third-order valence-electron chi connectivity index (χ3n) is 4.74. The van der Waals surface area contributed by atoms with Crippen molar-refractivity contribution < 1.29 is 14.6 Å². The predicted molar refractivity (Wildman–Crippen MR) is 75.1 cm³/mol. The van der Waals surface area contributed by atoms with Gasteiger partial charge >= 0.3 is 0 Å². The lowest BCUT2D eigenvalue weighted by atomic mass is 10.0. The van der Waals surface area contributed by atoms with Crippen molar-refractivity contribution in [3.63, 3.8) is 0 Å². The number of aliphatic hydroxyl groups is 1. The fourth-order valence-electron chi connectivity index (χ4n) is 3.82. The van der Waals surface area contributed by atoms with Gasteiger partial charge in [-0.2, -0.15) is 0 Å². The lowest BCUT2D eigenvalue weighted by Crippen LogP contribution is -2.22. The van der Waals surface area contributed by atoms with E-state index in [2.05, 4.69) is 4.90 Å². The quantitative estimate of drug-likeness (QED) is 0.909. The second-order valence-corrected chi connectivity index (χ2v) is 6.54. The van der Waals surface area contributed by atoms with Crippen LogP contribution in [0.2, 0.25) is 5.02 Å². The smallest absolute Gasteiger partial charge is 0.231 e. The summed E-state index contributed by atoms with van der Waals surface area (Å²) in [5, 5.41) is 10.4. The highest BCUT2D eigenvalue weighted by Crippen LogP contribution is 2.40. The van der Waals surface area contributed by atoms with Gasteiger partial charge in [0.2, 0.25) is 6.79 Å². The molecule has 1 saturated carbocycles. The summed E-state index contributed by atoms with van der Waals surface area (Å²) >= 11 is 6.33. The van der Waals surface area contributed by atoms with E-state index in [1.165, 1.54) is 0 Å². The second kappa shape index (κ2) is 4.79. The molecule has 1 unspecified atom stereocenters. The van der Waals surface area contributed by atoms with Crippen molar-refractivity contribution in [1.82, 2.24) is 4.90 Å². The van der Waals surface area contributed by atoms with E-state index < -0.39 is 0 Å². The number of fused-ring (bicyclic) bond motifs is 2. The molecule has 1 aromatic rings. The topological polar surface area (TPSA) is 41.9 Å². The summed E-state index contributed by atoms with van der Waals surface area (Å²) in [6.45, 7) is 3.25. The highest BCUT2D eigenvalue weighted by molar-refractivity contribution is 6.31. The van der Waals surface area contributed by atoms with E-state index >= 15 is 0 Å². The molecule has 0 bridgehead atoms. The van der Waals surface area contributed by atoms with Gasteiger partial charge in [-0.1, -0.05) is 11.6 Å². The fraction of sp³-hybridized carbons (Fsp3) is 0.600. The predicted octanol–water partition coefficient (Wildman–Crippen LogP) is 2.27. The van der Waals surface area contributed by atoms with E-state index in [1.807, 2.05) is 12.1 Å². The molecule has 3 aliphatic rings. The molecule has 2 fully saturated rings. The van der Waals surface area contributed by atoms with Crippen molar-refractivity contribution in [2.45, 2.75) is 25.5 Å². The van der Waals surface area contributed by atoms with E-state index in [0.29, 0.717) is 11.8 Å². The van der Waals surface area contributed by atoms with Gasteiger partial charge in [-0.15, -0.1) is 0 Å². The minimum Gasteiger partial charge on any atom is -0.454 e. The van der Waals surface area contributed by atoms with Crippen molar-refractivity contribution in [1.29, 1.82) is 0 Å². The van der Waals surface area contributed by atoms with Crippen LogP contribution in [0.25, 0.3) is 0 Å². The van der Waals surface area contributed by atoms with Gasteiger partial charge in [0.15, 0.2) is 11.5 Å². The van der Waals surface area contributed by atoms with Gasteiger partial charge in [0, 0.05) is 30.7 Å². The van der Waals surface area contributed by atoms with Crippen LogP contribution in [-0.4, -0.2) is 36.0 Å². The lowest BCUT2D eigenvalue weighted by molar-refractivity contribution is 0.161. The van der Waals surface area contributed by atoms with Crippen LogP contribution < -0.4 is 9.47 Å². The van der Waals surface area contributed by atoms with Crippen molar-refractivity contribution in [3.8, 4) is 11.5 Å². The summed E-state index contributed by atoms with van der Waals surface area (Å²) < 4.78 is 10.7. The fourth-order valence-corrected chi connectivity index (χ4v) is 4.03. The van der Waals surface area contributed by atoms with Crippen LogP contribution in [-0.2, 0) is 6.54 Å². The lowest BCUT2D eigenvalue weighted by Gasteiger charge is -2.18. The maximum absolute atomic E-state index is 9.69. The summed E-state index contributed by atoms with van der Waals surface area (Å²) in [5.74, 6) is 2.83. The zero-order valence-electron chi connectivity index (χ0n) is 11.2. The van der Waals surface area contributed by atoms with Crippen LogP contribution in [0, 0.1) is 11.8 Å². The minimum absolute atomic E-state index is 0.0821. The Kier molecular flexibility index (Phi) is 3.05. The third-order valence-corrected chi connectivity index (χ3v) is 5.09. The van der Waals surface area contributed by atoms with Crippen LogP contribution in [0.5, 0.6) is 11.5 Å². The number of rotatable bonds is 2. The number of nitrogens with zero attached hydrogens (tertiary/aromatic N) is 1. The molecule has 108 valence electrons. The van der Waals surface area contributed by atoms with Crippen LogP contribution in [0.4, 0.5) is 0 Å². The molecule has 0 spiro atoms. The van der Waals surface area contributed by atoms with E-state index in [1.54, 1.807) is 0 Å². The summed E-state index contributed by atoms with van der Waals surface area (Å²) in [4.78, 5) is 2.44. The number of hydrogen-bond donors (Lipinski definition) is 1. The maximum atomic E-state index is 9.69. The Morgan fingerprint density at radius 1 is 1.15 bits per heavy atom. The summed E-state index contributed by atoms with van der Waals surface area (Å²) in [5.41, 5.74) is 1.09. The Morgan fingerprint density at radius 2 is 1.80 bits per heavy atom. The number of ether oxygens (including phenoxy) is 2. The molecular formula is C15H18ClNO3. The van der Waals surface area contributed by atoms with E-state index in [4.69, 9.17) is 21.1 Å². The Bertz CT molecular complexity index is 522. The number of benzene rings is 1. The first-order valence-corrected chi connectivity index (χ1v) is 7.55. The number of halogens is 1. The average Bonchev–Trinajstić information content (AvgIpc) is 3.04. The molecule has 5 heteroatoms. The molecule has 1 aromatic carbocycles. The van der Waals surface area contributed by atoms with Crippen molar-refractivity contribution in [2.24, 2.45) is 11.8 Å². The number of likely N-dealkylation sites (tertiary alicyclic amines) is 1. The Morgan fingerprint density at radius 3 is 2.50 bits per heavy atom. The summed E-state index contributed by atoms with van der Waals surface area (Å²) in [6.07, 6.45) is 1.83. The van der Waals surface area contributed by atoms with Gasteiger partial charge in [-0.3, -0.25) is 4.90 Å². The normalized spacial score (nSPS) is 31.8. The standard InChI is InChI=1S/C15H18ClNO3/c16-13-4-15-14(19-8-20-15)3-11(13)7-17-5-9-1-12(18)2-10(9)6-17/h3-4,9-10,12,18H,1-2,5-8H2/t9-,10+,12?. The second-order valence-electron chi connectivity index (χ2n) is 6.14. The first-order valence-electron chi connectivity index (χ1n) is 7.17. The summed E-state index contributed by atoms with van der Waals surface area (Å²) in [6, 6.07) is 3.84. The Hall–Kier alpha value is -0.970. The monoisotopic (exact) mass is 295 g/mol. The number of aliphatic hydroxyl groups excluding tert-OH is 1. The van der Waals surface area contributed by atoms with Gasteiger partial charge in [0.05, 0.1) is 6.10 Å². The molecular weight excluding hydrogens is 278 g/mol. The first-order chi connectivity index (χ1) is 9.69. The molecule has 1 aliphatic carbocycles. The molecule has 2 heterocycles. The molecule has 4 rings (SSSR count). The molecule has 0 radical (unpaired) electrons. The van der Waals surface area contributed by atoms with Crippen molar-refractivity contribution in [2.75, 3.05) is 19.9 Å². The Labute approximate surface area is 123 Å². The highest BCUT2D eigenvalue weighted by Gasteiger charge is 2.40. The van der Waals surface area contributed by atoms with Gasteiger partial charge in [-0.05, 0) is 36.3 Å². The van der Waals surface area contributed by atoms with Gasteiger partial charge in [0.25, 0.3) is 0 Å². The molecule has 3 atom stereocenters. The molecule has 1 saturated heterocycles. The number of hydrogen-bond acceptors (Lipinski definition) is 4. The van der Waals surface area contributed by atoms with E-state index in [9.17, 15) is 5.11 Å². The summed E-state index contributed by atoms with van der Waals surface area (Å²) in [7, 11) is 0. The third kappa shape index (κ3) is 2.16. The molecule has 4 nitrogen and oxygen atoms in total. The van der Waals surface area contributed by atoms with Crippen LogP contribution in [0.15, 0.2) is 12.1 Å². The molecule has 1 N–H and O–H groups in total. The van der Waals surface area contributed by atoms with E-state index in [-0.39, 0.29) is 12.9 Å². The van der Waals surface area contributed by atoms with Crippen molar-refractivity contribution in [3.05, 3.63) is 22.7 Å². The van der Waals surface area contributed by atoms with E-state index in [0.717, 1.165) is 54.6 Å².